The highest BCUT2D eigenvalue weighted by molar-refractivity contribution is 9.10. The molecule has 0 radical (unpaired) electrons. The third kappa shape index (κ3) is 3.51. The van der Waals surface area contributed by atoms with Crippen LogP contribution in [-0.4, -0.2) is 34.1 Å². The highest BCUT2D eigenvalue weighted by atomic mass is 79.9. The lowest BCUT2D eigenvalue weighted by molar-refractivity contribution is -0.385. The fourth-order valence-electron chi connectivity index (χ4n) is 2.26. The van der Waals surface area contributed by atoms with Gasteiger partial charge in [0.2, 0.25) is 0 Å². The molecule has 0 bridgehead atoms. The average Bonchev–Trinajstić information content (AvgIpc) is 2.28. The highest BCUT2D eigenvalue weighted by Crippen LogP contribution is 2.23. The van der Waals surface area contributed by atoms with Crippen molar-refractivity contribution in [1.82, 2.24) is 4.90 Å². The Hall–Kier alpha value is -0.980. The second-order valence-electron chi connectivity index (χ2n) is 4.61. The van der Waals surface area contributed by atoms with E-state index in [1.54, 1.807) is 6.07 Å². The third-order valence-electron chi connectivity index (χ3n) is 3.04. The van der Waals surface area contributed by atoms with Gasteiger partial charge in [0, 0.05) is 29.7 Å². The number of aliphatic hydroxyl groups excluding tert-OH is 1. The van der Waals surface area contributed by atoms with Crippen molar-refractivity contribution in [1.29, 1.82) is 0 Å². The van der Waals surface area contributed by atoms with Gasteiger partial charge >= 0.3 is 0 Å². The van der Waals surface area contributed by atoms with Gasteiger partial charge in [0.15, 0.2) is 0 Å². The lowest BCUT2D eigenvalue weighted by Gasteiger charge is -2.29. The van der Waals surface area contributed by atoms with Crippen LogP contribution < -0.4 is 0 Å². The fraction of sp³-hybridized carbons (Fsp3) is 0.500. The monoisotopic (exact) mass is 314 g/mol. The molecule has 1 fully saturated rings. The largest absolute Gasteiger partial charge is 0.392 e. The molecule has 0 spiro atoms. The normalized spacial score (nSPS) is 20.9. The van der Waals surface area contributed by atoms with Crippen LogP contribution in [-0.2, 0) is 6.54 Å². The maximum Gasteiger partial charge on any atom is 0.270 e. The van der Waals surface area contributed by atoms with Gasteiger partial charge in [-0.25, -0.2) is 0 Å². The van der Waals surface area contributed by atoms with Crippen LogP contribution in [0.5, 0.6) is 0 Å². The van der Waals surface area contributed by atoms with Crippen LogP contribution in [0.15, 0.2) is 22.7 Å². The Balaban J connectivity index is 2.10. The first kappa shape index (κ1) is 13.5. The fourth-order valence-corrected chi connectivity index (χ4v) is 2.79. The van der Waals surface area contributed by atoms with Crippen LogP contribution in [0.2, 0.25) is 0 Å². The van der Waals surface area contributed by atoms with Crippen molar-refractivity contribution in [2.45, 2.75) is 25.5 Å². The molecule has 1 aromatic carbocycles. The van der Waals surface area contributed by atoms with Gasteiger partial charge in [-0.15, -0.1) is 0 Å². The molecule has 0 saturated carbocycles. The molecule has 1 aliphatic heterocycles. The molecule has 1 saturated heterocycles. The summed E-state index contributed by atoms with van der Waals surface area (Å²) in [4.78, 5) is 12.5. The minimum absolute atomic E-state index is 0.0944. The lowest BCUT2D eigenvalue weighted by Crippen LogP contribution is -2.37. The molecule has 5 nitrogen and oxygen atoms in total. The summed E-state index contributed by atoms with van der Waals surface area (Å²) in [6.45, 7) is 2.20. The van der Waals surface area contributed by atoms with E-state index in [1.165, 1.54) is 6.07 Å². The quantitative estimate of drug-likeness (QED) is 0.686. The van der Waals surface area contributed by atoms with E-state index in [1.807, 2.05) is 6.07 Å². The number of hydrogen-bond donors (Lipinski definition) is 1. The van der Waals surface area contributed by atoms with Crippen molar-refractivity contribution in [3.63, 3.8) is 0 Å². The molecule has 1 aliphatic rings. The molecular weight excluding hydrogens is 300 g/mol. The van der Waals surface area contributed by atoms with E-state index in [2.05, 4.69) is 20.8 Å². The van der Waals surface area contributed by atoms with Gasteiger partial charge in [-0.2, -0.15) is 0 Å². The Morgan fingerprint density at radius 1 is 1.50 bits per heavy atom. The number of non-ortho nitro benzene ring substituents is 1. The number of β-amino-alcohol motifs (C(OH)–C–C–N with tert-alkyl or cyclic N) is 1. The molecule has 0 amide bonds. The topological polar surface area (TPSA) is 66.6 Å². The predicted molar refractivity (Wildman–Crippen MR) is 71.3 cm³/mol. The molecule has 0 unspecified atom stereocenters. The summed E-state index contributed by atoms with van der Waals surface area (Å²) >= 11 is 3.29. The molecule has 0 aromatic heterocycles. The number of aliphatic hydroxyl groups is 1. The van der Waals surface area contributed by atoms with Gasteiger partial charge in [-0.05, 0) is 31.0 Å². The van der Waals surface area contributed by atoms with E-state index in [4.69, 9.17) is 0 Å². The highest BCUT2D eigenvalue weighted by Gasteiger charge is 2.18. The predicted octanol–water partition coefficient (Wildman–Crippen LogP) is 2.31. The van der Waals surface area contributed by atoms with Crippen LogP contribution in [0.25, 0.3) is 0 Å². The zero-order valence-electron chi connectivity index (χ0n) is 9.88. The van der Waals surface area contributed by atoms with Crippen molar-refractivity contribution in [2.24, 2.45) is 0 Å². The number of benzene rings is 1. The molecule has 6 heteroatoms. The van der Waals surface area contributed by atoms with Crippen molar-refractivity contribution in [3.05, 3.63) is 38.3 Å². The molecular formula is C12H15BrN2O3. The first-order valence-electron chi connectivity index (χ1n) is 5.89. The van der Waals surface area contributed by atoms with Crippen LogP contribution in [0.3, 0.4) is 0 Å². The zero-order valence-corrected chi connectivity index (χ0v) is 11.5. The summed E-state index contributed by atoms with van der Waals surface area (Å²) in [5, 5.41) is 20.4. The number of halogens is 1. The molecule has 1 heterocycles. The number of rotatable bonds is 3. The number of nitrogens with zero attached hydrogens (tertiary/aromatic N) is 2. The average molecular weight is 315 g/mol. The smallest absolute Gasteiger partial charge is 0.270 e. The molecule has 0 aliphatic carbocycles. The molecule has 1 atom stereocenters. The van der Waals surface area contributed by atoms with Crippen LogP contribution in [0.4, 0.5) is 5.69 Å². The summed E-state index contributed by atoms with van der Waals surface area (Å²) in [5.41, 5.74) is 0.988. The van der Waals surface area contributed by atoms with Crippen LogP contribution in [0, 0.1) is 10.1 Å². The van der Waals surface area contributed by atoms with Gasteiger partial charge in [0.05, 0.1) is 11.0 Å². The summed E-state index contributed by atoms with van der Waals surface area (Å²) in [5.74, 6) is 0. The first-order chi connectivity index (χ1) is 8.54. The second kappa shape index (κ2) is 5.77. The second-order valence-corrected chi connectivity index (χ2v) is 5.52. The van der Waals surface area contributed by atoms with Gasteiger partial charge < -0.3 is 5.11 Å². The van der Waals surface area contributed by atoms with E-state index in [-0.39, 0.29) is 16.7 Å². The maximum atomic E-state index is 10.8. The minimum Gasteiger partial charge on any atom is -0.392 e. The SMILES string of the molecule is O=[N+]([O-])c1cc(Br)cc(CN2CCC[C@H](O)C2)c1. The Kier molecular flexibility index (Phi) is 4.31. The first-order valence-corrected chi connectivity index (χ1v) is 6.68. The standard InChI is InChI=1S/C12H15BrN2O3/c13-10-4-9(5-11(6-10)15(17)18)7-14-3-1-2-12(16)8-14/h4-6,12,16H,1-3,7-8H2/t12-/m0/s1. The Morgan fingerprint density at radius 2 is 2.28 bits per heavy atom. The lowest BCUT2D eigenvalue weighted by atomic mass is 10.1. The van der Waals surface area contributed by atoms with Crippen molar-refractivity contribution >= 4 is 21.6 Å². The van der Waals surface area contributed by atoms with Crippen molar-refractivity contribution < 1.29 is 10.0 Å². The van der Waals surface area contributed by atoms with E-state index >= 15 is 0 Å². The van der Waals surface area contributed by atoms with Crippen LogP contribution >= 0.6 is 15.9 Å². The molecule has 18 heavy (non-hydrogen) atoms. The van der Waals surface area contributed by atoms with Crippen LogP contribution in [0.1, 0.15) is 18.4 Å². The van der Waals surface area contributed by atoms with E-state index in [0.29, 0.717) is 17.6 Å². The zero-order chi connectivity index (χ0) is 13.1. The summed E-state index contributed by atoms with van der Waals surface area (Å²) in [7, 11) is 0. The number of piperidine rings is 1. The maximum absolute atomic E-state index is 10.8. The Bertz CT molecular complexity index is 453. The number of hydrogen-bond acceptors (Lipinski definition) is 4. The summed E-state index contributed by atoms with van der Waals surface area (Å²) in [6.07, 6.45) is 1.53. The third-order valence-corrected chi connectivity index (χ3v) is 3.50. The Morgan fingerprint density at radius 3 is 2.94 bits per heavy atom. The van der Waals surface area contributed by atoms with Gasteiger partial charge in [-0.3, -0.25) is 15.0 Å². The summed E-state index contributed by atoms with van der Waals surface area (Å²) in [6, 6.07) is 4.97. The van der Waals surface area contributed by atoms with E-state index in [0.717, 1.165) is 24.9 Å². The summed E-state index contributed by atoms with van der Waals surface area (Å²) < 4.78 is 0.712. The molecule has 98 valence electrons. The van der Waals surface area contributed by atoms with Crippen molar-refractivity contribution in [3.8, 4) is 0 Å². The number of nitro groups is 1. The van der Waals surface area contributed by atoms with Gasteiger partial charge in [0.25, 0.3) is 5.69 Å². The van der Waals surface area contributed by atoms with E-state index < -0.39 is 0 Å². The van der Waals surface area contributed by atoms with Gasteiger partial charge in [0.1, 0.15) is 0 Å². The molecule has 1 aromatic rings. The number of nitro benzene ring substituents is 1. The minimum atomic E-state index is -0.390. The van der Waals surface area contributed by atoms with Crippen molar-refractivity contribution in [2.75, 3.05) is 13.1 Å². The molecule has 2 rings (SSSR count). The number of likely N-dealkylation sites (tertiary alicyclic amines) is 1. The van der Waals surface area contributed by atoms with Gasteiger partial charge in [-0.1, -0.05) is 15.9 Å². The molecule has 1 N–H and O–H groups in total. The van der Waals surface area contributed by atoms with E-state index in [9.17, 15) is 15.2 Å². The Labute approximate surface area is 114 Å².